The molecule has 0 unspecified atom stereocenters. The van der Waals surface area contributed by atoms with Gasteiger partial charge < -0.3 is 14.6 Å². The van der Waals surface area contributed by atoms with Crippen molar-refractivity contribution in [2.75, 3.05) is 26.3 Å². The number of rotatable bonds is 1. The first-order chi connectivity index (χ1) is 7.77. The average Bonchev–Trinajstić information content (AvgIpc) is 2.22. The van der Waals surface area contributed by atoms with Gasteiger partial charge in [-0.1, -0.05) is 17.7 Å². The molecule has 2 rings (SSSR count). The first-order valence-corrected chi connectivity index (χ1v) is 5.54. The molecule has 0 spiro atoms. The van der Waals surface area contributed by atoms with E-state index in [1.165, 1.54) is 12.1 Å². The van der Waals surface area contributed by atoms with Crippen LogP contribution in [0.25, 0.3) is 0 Å². The van der Waals surface area contributed by atoms with Gasteiger partial charge in [0.25, 0.3) is 0 Å². The van der Waals surface area contributed by atoms with Crippen molar-refractivity contribution in [1.82, 2.24) is 5.32 Å². The van der Waals surface area contributed by atoms with E-state index in [1.807, 2.05) is 0 Å². The maximum atomic E-state index is 13.0. The first-order valence-electron chi connectivity index (χ1n) is 5.16. The van der Waals surface area contributed by atoms with E-state index >= 15 is 0 Å². The molecule has 0 radical (unpaired) electrons. The van der Waals surface area contributed by atoms with Crippen LogP contribution in [0.2, 0.25) is 5.02 Å². The molecule has 0 aromatic heterocycles. The summed E-state index contributed by atoms with van der Waals surface area (Å²) in [7, 11) is -0.458. The molecule has 86 valence electrons. The van der Waals surface area contributed by atoms with Crippen molar-refractivity contribution >= 4 is 24.2 Å². The molecule has 0 amide bonds. The smallest absolute Gasteiger partial charge is 0.406 e. The van der Waals surface area contributed by atoms with Gasteiger partial charge in [0.1, 0.15) is 5.82 Å². The van der Waals surface area contributed by atoms with Crippen LogP contribution >= 0.6 is 11.6 Å². The highest BCUT2D eigenvalue weighted by atomic mass is 35.5. The number of hydrogen-bond donors (Lipinski definition) is 1. The van der Waals surface area contributed by atoms with Gasteiger partial charge in [-0.15, -0.1) is 0 Å². The fourth-order valence-electron chi connectivity index (χ4n) is 1.50. The molecule has 0 bridgehead atoms. The second kappa shape index (κ2) is 5.64. The summed E-state index contributed by atoms with van der Waals surface area (Å²) in [6.45, 7) is 2.68. The average molecular weight is 243 g/mol. The summed E-state index contributed by atoms with van der Waals surface area (Å²) in [6.07, 6.45) is 0. The molecule has 3 nitrogen and oxygen atoms in total. The second-order valence-electron chi connectivity index (χ2n) is 3.50. The van der Waals surface area contributed by atoms with Crippen LogP contribution in [0.15, 0.2) is 18.2 Å². The Morgan fingerprint density at radius 2 is 1.94 bits per heavy atom. The van der Waals surface area contributed by atoms with Crippen molar-refractivity contribution in [1.29, 1.82) is 0 Å². The van der Waals surface area contributed by atoms with Crippen molar-refractivity contribution in [3.8, 4) is 0 Å². The summed E-state index contributed by atoms with van der Waals surface area (Å²) < 4.78 is 24.0. The predicted molar refractivity (Wildman–Crippen MR) is 61.6 cm³/mol. The van der Waals surface area contributed by atoms with Gasteiger partial charge in [-0.05, 0) is 17.6 Å². The SMILES string of the molecule is Fc1ccc(B2OCCNCCO2)cc1Cl. The third-order valence-electron chi connectivity index (χ3n) is 2.31. The normalized spacial score (nSPS) is 18.0. The van der Waals surface area contributed by atoms with Gasteiger partial charge in [-0.3, -0.25) is 0 Å². The number of benzene rings is 1. The molecule has 16 heavy (non-hydrogen) atoms. The Morgan fingerprint density at radius 1 is 1.25 bits per heavy atom. The topological polar surface area (TPSA) is 30.5 Å². The molecule has 6 heteroatoms. The van der Waals surface area contributed by atoms with Crippen LogP contribution < -0.4 is 10.8 Å². The highest BCUT2D eigenvalue weighted by molar-refractivity contribution is 6.61. The van der Waals surface area contributed by atoms with Crippen molar-refractivity contribution in [3.63, 3.8) is 0 Å². The minimum absolute atomic E-state index is 0.0879. The fourth-order valence-corrected chi connectivity index (χ4v) is 1.69. The summed E-state index contributed by atoms with van der Waals surface area (Å²) in [6, 6.07) is 4.49. The van der Waals surface area contributed by atoms with Gasteiger partial charge >= 0.3 is 7.12 Å². The molecule has 1 aromatic rings. The number of hydrogen-bond acceptors (Lipinski definition) is 3. The molecule has 1 saturated heterocycles. The first kappa shape index (κ1) is 11.9. The Morgan fingerprint density at radius 3 is 2.56 bits per heavy atom. The number of halogens is 2. The van der Waals surface area contributed by atoms with E-state index in [2.05, 4.69) is 5.32 Å². The standard InChI is InChI=1S/C10H12BClFNO2/c12-9-7-8(1-2-10(9)13)11-15-5-3-14-4-6-16-11/h1-2,7,14H,3-6H2. The van der Waals surface area contributed by atoms with E-state index in [0.717, 1.165) is 18.6 Å². The summed E-state index contributed by atoms with van der Waals surface area (Å²) >= 11 is 5.71. The van der Waals surface area contributed by atoms with Crippen molar-refractivity contribution < 1.29 is 13.7 Å². The monoisotopic (exact) mass is 243 g/mol. The second-order valence-corrected chi connectivity index (χ2v) is 3.90. The van der Waals surface area contributed by atoms with Crippen LogP contribution in [0.4, 0.5) is 4.39 Å². The van der Waals surface area contributed by atoms with Crippen molar-refractivity contribution in [2.45, 2.75) is 0 Å². The molecule has 1 aromatic carbocycles. The minimum Gasteiger partial charge on any atom is -0.406 e. The van der Waals surface area contributed by atoms with Crippen LogP contribution in [0.3, 0.4) is 0 Å². The highest BCUT2D eigenvalue weighted by Gasteiger charge is 2.23. The van der Waals surface area contributed by atoms with E-state index in [4.69, 9.17) is 20.9 Å². The predicted octanol–water partition coefficient (Wildman–Crippen LogP) is 0.811. The molecule has 0 aliphatic carbocycles. The zero-order chi connectivity index (χ0) is 11.4. The summed E-state index contributed by atoms with van der Waals surface area (Å²) in [5, 5.41) is 3.23. The fraction of sp³-hybridized carbons (Fsp3) is 0.400. The highest BCUT2D eigenvalue weighted by Crippen LogP contribution is 2.12. The Labute approximate surface area is 99.0 Å². The van der Waals surface area contributed by atoms with Crippen LogP contribution in [-0.4, -0.2) is 33.4 Å². The zero-order valence-corrected chi connectivity index (χ0v) is 9.47. The van der Waals surface area contributed by atoms with Gasteiger partial charge in [0.15, 0.2) is 0 Å². The number of nitrogens with one attached hydrogen (secondary N) is 1. The van der Waals surface area contributed by atoms with E-state index in [-0.39, 0.29) is 5.02 Å². The molecular weight excluding hydrogens is 231 g/mol. The molecule has 1 N–H and O–H groups in total. The van der Waals surface area contributed by atoms with E-state index in [0.29, 0.717) is 13.2 Å². The molecule has 1 aliphatic rings. The van der Waals surface area contributed by atoms with Crippen LogP contribution in [0.1, 0.15) is 0 Å². The molecule has 1 aliphatic heterocycles. The lowest BCUT2D eigenvalue weighted by Crippen LogP contribution is -2.43. The van der Waals surface area contributed by atoms with Gasteiger partial charge in [0, 0.05) is 26.3 Å². The van der Waals surface area contributed by atoms with E-state index < -0.39 is 12.9 Å². The zero-order valence-electron chi connectivity index (χ0n) is 8.71. The van der Waals surface area contributed by atoms with E-state index in [1.54, 1.807) is 6.07 Å². The van der Waals surface area contributed by atoms with Crippen LogP contribution in [-0.2, 0) is 9.31 Å². The van der Waals surface area contributed by atoms with Gasteiger partial charge in [0.05, 0.1) is 5.02 Å². The summed E-state index contributed by atoms with van der Waals surface area (Å²) in [5.74, 6) is -0.432. The Hall–Kier alpha value is -0.615. The summed E-state index contributed by atoms with van der Waals surface area (Å²) in [5.41, 5.74) is 0.744. The third-order valence-corrected chi connectivity index (χ3v) is 2.60. The lowest BCUT2D eigenvalue weighted by Gasteiger charge is -2.18. The van der Waals surface area contributed by atoms with Gasteiger partial charge in [0.2, 0.25) is 0 Å². The largest absolute Gasteiger partial charge is 0.494 e. The van der Waals surface area contributed by atoms with Crippen molar-refractivity contribution in [2.24, 2.45) is 0 Å². The lowest BCUT2D eigenvalue weighted by molar-refractivity contribution is 0.187. The Balaban J connectivity index is 2.11. The van der Waals surface area contributed by atoms with Crippen LogP contribution in [0.5, 0.6) is 0 Å². The summed E-state index contributed by atoms with van der Waals surface area (Å²) in [4.78, 5) is 0. The Bertz CT molecular complexity index is 359. The molecular formula is C10H12BClFNO2. The molecule has 0 saturated carbocycles. The maximum absolute atomic E-state index is 13.0. The van der Waals surface area contributed by atoms with Gasteiger partial charge in [-0.2, -0.15) is 0 Å². The van der Waals surface area contributed by atoms with Gasteiger partial charge in [-0.25, -0.2) is 4.39 Å². The minimum atomic E-state index is -0.458. The molecule has 0 atom stereocenters. The van der Waals surface area contributed by atoms with E-state index in [9.17, 15) is 4.39 Å². The Kier molecular flexibility index (Phi) is 4.18. The maximum Gasteiger partial charge on any atom is 0.494 e. The van der Waals surface area contributed by atoms with Crippen LogP contribution in [0, 0.1) is 5.82 Å². The molecule has 1 heterocycles. The van der Waals surface area contributed by atoms with Crippen molar-refractivity contribution in [3.05, 3.63) is 29.0 Å². The third kappa shape index (κ3) is 2.95. The lowest BCUT2D eigenvalue weighted by atomic mass is 9.78. The molecule has 1 fully saturated rings. The quantitative estimate of drug-likeness (QED) is 0.741.